The van der Waals surface area contributed by atoms with Gasteiger partial charge in [-0.1, -0.05) is 13.3 Å². The van der Waals surface area contributed by atoms with Gasteiger partial charge in [-0.2, -0.15) is 0 Å². The molecular formula is C10H14FIN2. The van der Waals surface area contributed by atoms with Crippen LogP contribution in [0.1, 0.15) is 19.8 Å². The first-order chi connectivity index (χ1) is 6.65. The van der Waals surface area contributed by atoms with E-state index < -0.39 is 0 Å². The molecule has 0 bridgehead atoms. The van der Waals surface area contributed by atoms with Crippen LogP contribution in [0.4, 0.5) is 15.8 Å². The third-order valence-electron chi connectivity index (χ3n) is 1.94. The molecule has 0 aliphatic carbocycles. The van der Waals surface area contributed by atoms with E-state index in [2.05, 4.69) is 12.2 Å². The molecule has 0 aliphatic rings. The SMILES string of the molecule is CCCCNc1cc(F)c(I)cc1N. The Labute approximate surface area is 97.2 Å². The van der Waals surface area contributed by atoms with Crippen LogP contribution in [-0.2, 0) is 0 Å². The molecule has 3 N–H and O–H groups in total. The van der Waals surface area contributed by atoms with Crippen molar-refractivity contribution in [3.63, 3.8) is 0 Å². The summed E-state index contributed by atoms with van der Waals surface area (Å²) in [6.07, 6.45) is 2.17. The summed E-state index contributed by atoms with van der Waals surface area (Å²) < 4.78 is 13.7. The predicted molar refractivity (Wildman–Crippen MR) is 66.9 cm³/mol. The van der Waals surface area contributed by atoms with Crippen molar-refractivity contribution in [2.75, 3.05) is 17.6 Å². The summed E-state index contributed by atoms with van der Waals surface area (Å²) in [7, 11) is 0. The van der Waals surface area contributed by atoms with Gasteiger partial charge in [-0.05, 0) is 35.1 Å². The van der Waals surface area contributed by atoms with Crippen molar-refractivity contribution >= 4 is 34.0 Å². The molecule has 0 unspecified atom stereocenters. The lowest BCUT2D eigenvalue weighted by atomic mass is 10.2. The van der Waals surface area contributed by atoms with Crippen molar-refractivity contribution in [2.24, 2.45) is 0 Å². The van der Waals surface area contributed by atoms with Crippen molar-refractivity contribution in [1.29, 1.82) is 0 Å². The molecule has 2 nitrogen and oxygen atoms in total. The molecule has 1 aromatic carbocycles. The molecule has 14 heavy (non-hydrogen) atoms. The Hall–Kier alpha value is -0.520. The average molecular weight is 308 g/mol. The number of nitrogens with two attached hydrogens (primary N) is 1. The zero-order valence-corrected chi connectivity index (χ0v) is 10.3. The Morgan fingerprint density at radius 3 is 2.86 bits per heavy atom. The minimum atomic E-state index is -0.223. The molecule has 0 fully saturated rings. The first-order valence-electron chi connectivity index (χ1n) is 4.63. The fourth-order valence-electron chi connectivity index (χ4n) is 1.12. The van der Waals surface area contributed by atoms with Gasteiger partial charge in [0, 0.05) is 12.6 Å². The normalized spacial score (nSPS) is 10.2. The Balaban J connectivity index is 2.72. The number of hydrogen-bond acceptors (Lipinski definition) is 2. The Bertz CT molecular complexity index is 315. The van der Waals surface area contributed by atoms with Crippen LogP contribution in [0.25, 0.3) is 0 Å². The fraction of sp³-hybridized carbons (Fsp3) is 0.400. The molecule has 0 aliphatic heterocycles. The van der Waals surface area contributed by atoms with Gasteiger partial charge in [0.1, 0.15) is 5.82 Å². The van der Waals surface area contributed by atoms with E-state index in [1.54, 1.807) is 6.07 Å². The summed E-state index contributed by atoms with van der Waals surface area (Å²) in [6.45, 7) is 2.94. The van der Waals surface area contributed by atoms with E-state index in [0.29, 0.717) is 14.9 Å². The highest BCUT2D eigenvalue weighted by atomic mass is 127. The van der Waals surface area contributed by atoms with Gasteiger partial charge in [-0.25, -0.2) is 4.39 Å². The van der Waals surface area contributed by atoms with Crippen LogP contribution in [0.2, 0.25) is 0 Å². The van der Waals surface area contributed by atoms with Gasteiger partial charge in [0.2, 0.25) is 0 Å². The molecule has 0 aromatic heterocycles. The number of benzene rings is 1. The monoisotopic (exact) mass is 308 g/mol. The maximum absolute atomic E-state index is 13.2. The lowest BCUT2D eigenvalue weighted by Crippen LogP contribution is -2.04. The standard InChI is InChI=1S/C10H14FIN2/c1-2-3-4-14-10-5-7(11)8(12)6-9(10)13/h5-6,14H,2-4,13H2,1H3. The summed E-state index contributed by atoms with van der Waals surface area (Å²) in [4.78, 5) is 0. The second-order valence-electron chi connectivity index (χ2n) is 3.13. The molecule has 1 aromatic rings. The number of hydrogen-bond donors (Lipinski definition) is 2. The molecule has 0 amide bonds. The summed E-state index contributed by atoms with van der Waals surface area (Å²) in [5.74, 6) is -0.223. The number of anilines is 2. The molecule has 0 spiro atoms. The van der Waals surface area contributed by atoms with Crippen molar-refractivity contribution in [3.8, 4) is 0 Å². The summed E-state index contributed by atoms with van der Waals surface area (Å²) in [6, 6.07) is 3.09. The second kappa shape index (κ2) is 5.38. The van der Waals surface area contributed by atoms with Crippen LogP contribution in [-0.4, -0.2) is 6.54 Å². The van der Waals surface area contributed by atoms with Gasteiger partial charge >= 0.3 is 0 Å². The average Bonchev–Trinajstić information content (AvgIpc) is 2.14. The minimum absolute atomic E-state index is 0.223. The van der Waals surface area contributed by atoms with E-state index in [1.807, 2.05) is 22.6 Å². The summed E-state index contributed by atoms with van der Waals surface area (Å²) in [5, 5.41) is 3.11. The first kappa shape index (κ1) is 11.6. The van der Waals surface area contributed by atoms with Crippen molar-refractivity contribution in [2.45, 2.75) is 19.8 Å². The van der Waals surface area contributed by atoms with Gasteiger partial charge in [-0.3, -0.25) is 0 Å². The molecular weight excluding hydrogens is 294 g/mol. The quantitative estimate of drug-likeness (QED) is 0.509. The molecule has 0 atom stereocenters. The second-order valence-corrected chi connectivity index (χ2v) is 4.30. The molecule has 0 saturated carbocycles. The number of rotatable bonds is 4. The van der Waals surface area contributed by atoms with Crippen LogP contribution < -0.4 is 11.1 Å². The van der Waals surface area contributed by atoms with Gasteiger partial charge < -0.3 is 11.1 Å². The summed E-state index contributed by atoms with van der Waals surface area (Å²) >= 11 is 1.93. The predicted octanol–water partition coefficient (Wildman–Crippen LogP) is 3.22. The van der Waals surface area contributed by atoms with Crippen LogP contribution in [0, 0.1) is 9.39 Å². The third-order valence-corrected chi connectivity index (χ3v) is 2.76. The number of halogens is 2. The lowest BCUT2D eigenvalue weighted by Gasteiger charge is -2.09. The van der Waals surface area contributed by atoms with E-state index in [0.717, 1.165) is 19.4 Å². The van der Waals surface area contributed by atoms with Crippen LogP contribution in [0.5, 0.6) is 0 Å². The van der Waals surface area contributed by atoms with Crippen molar-refractivity contribution in [1.82, 2.24) is 0 Å². The van der Waals surface area contributed by atoms with Gasteiger partial charge in [-0.15, -0.1) is 0 Å². The van der Waals surface area contributed by atoms with Crippen molar-refractivity contribution in [3.05, 3.63) is 21.5 Å². The summed E-state index contributed by atoms with van der Waals surface area (Å²) in [5.41, 5.74) is 7.03. The number of unbranched alkanes of at least 4 members (excludes halogenated alkanes) is 1. The molecule has 0 radical (unpaired) electrons. The van der Waals surface area contributed by atoms with E-state index >= 15 is 0 Å². The highest BCUT2D eigenvalue weighted by Gasteiger charge is 2.04. The van der Waals surface area contributed by atoms with Gasteiger partial charge in [0.15, 0.2) is 0 Å². The zero-order valence-electron chi connectivity index (χ0n) is 8.11. The number of nitrogen functional groups attached to an aromatic ring is 1. The topological polar surface area (TPSA) is 38.0 Å². The molecule has 1 rings (SSSR count). The molecule has 4 heteroatoms. The Morgan fingerprint density at radius 2 is 2.21 bits per heavy atom. The molecule has 0 heterocycles. The highest BCUT2D eigenvalue weighted by Crippen LogP contribution is 2.23. The van der Waals surface area contributed by atoms with Crippen molar-refractivity contribution < 1.29 is 4.39 Å². The Morgan fingerprint density at radius 1 is 1.50 bits per heavy atom. The largest absolute Gasteiger partial charge is 0.397 e. The Kier molecular flexibility index (Phi) is 4.44. The zero-order chi connectivity index (χ0) is 10.6. The van der Waals surface area contributed by atoms with Crippen LogP contribution >= 0.6 is 22.6 Å². The van der Waals surface area contributed by atoms with E-state index in [1.165, 1.54) is 6.07 Å². The maximum Gasteiger partial charge on any atom is 0.138 e. The third kappa shape index (κ3) is 3.01. The van der Waals surface area contributed by atoms with Gasteiger partial charge in [0.05, 0.1) is 14.9 Å². The smallest absolute Gasteiger partial charge is 0.138 e. The van der Waals surface area contributed by atoms with Gasteiger partial charge in [0.25, 0.3) is 0 Å². The fourth-order valence-corrected chi connectivity index (χ4v) is 1.61. The first-order valence-corrected chi connectivity index (χ1v) is 5.71. The van der Waals surface area contributed by atoms with Crippen LogP contribution in [0.3, 0.4) is 0 Å². The highest BCUT2D eigenvalue weighted by molar-refractivity contribution is 14.1. The van der Waals surface area contributed by atoms with E-state index in [9.17, 15) is 4.39 Å². The van der Waals surface area contributed by atoms with E-state index in [-0.39, 0.29) is 5.82 Å². The maximum atomic E-state index is 13.2. The minimum Gasteiger partial charge on any atom is -0.397 e. The van der Waals surface area contributed by atoms with Crippen LogP contribution in [0.15, 0.2) is 12.1 Å². The molecule has 78 valence electrons. The lowest BCUT2D eigenvalue weighted by molar-refractivity contribution is 0.621. The molecule has 0 saturated heterocycles. The number of nitrogens with one attached hydrogen (secondary N) is 1. The van der Waals surface area contributed by atoms with E-state index in [4.69, 9.17) is 5.73 Å².